The van der Waals surface area contributed by atoms with Crippen molar-refractivity contribution < 1.29 is 0 Å². The molecule has 0 aliphatic rings. The van der Waals surface area contributed by atoms with E-state index < -0.39 is 0 Å². The SMILES string of the molecule is c1ccc(CCCCNCc2ccccn2)nc1. The fourth-order valence-electron chi connectivity index (χ4n) is 1.82. The van der Waals surface area contributed by atoms with Crippen LogP contribution in [-0.4, -0.2) is 16.5 Å². The van der Waals surface area contributed by atoms with Crippen molar-refractivity contribution in [1.29, 1.82) is 0 Å². The molecular formula is C15H19N3. The maximum absolute atomic E-state index is 4.31. The van der Waals surface area contributed by atoms with Crippen LogP contribution in [0.15, 0.2) is 48.8 Å². The third-order valence-electron chi connectivity index (χ3n) is 2.79. The van der Waals surface area contributed by atoms with Gasteiger partial charge in [-0.25, -0.2) is 0 Å². The number of rotatable bonds is 7. The van der Waals surface area contributed by atoms with E-state index >= 15 is 0 Å². The van der Waals surface area contributed by atoms with Gasteiger partial charge in [0.1, 0.15) is 0 Å². The average molecular weight is 241 g/mol. The lowest BCUT2D eigenvalue weighted by Crippen LogP contribution is -2.15. The highest BCUT2D eigenvalue weighted by atomic mass is 14.9. The molecule has 0 amide bonds. The van der Waals surface area contributed by atoms with Crippen molar-refractivity contribution in [3.05, 3.63) is 60.2 Å². The minimum Gasteiger partial charge on any atom is -0.311 e. The van der Waals surface area contributed by atoms with E-state index in [4.69, 9.17) is 0 Å². The number of nitrogens with one attached hydrogen (secondary N) is 1. The first-order valence-electron chi connectivity index (χ1n) is 6.46. The number of aryl methyl sites for hydroxylation is 1. The molecular weight excluding hydrogens is 222 g/mol. The van der Waals surface area contributed by atoms with E-state index in [1.54, 1.807) is 0 Å². The Bertz CT molecular complexity index is 385. The molecule has 0 fully saturated rings. The van der Waals surface area contributed by atoms with Crippen LogP contribution < -0.4 is 5.32 Å². The van der Waals surface area contributed by atoms with Crippen LogP contribution in [-0.2, 0) is 13.0 Å². The smallest absolute Gasteiger partial charge is 0.0541 e. The fourth-order valence-corrected chi connectivity index (χ4v) is 1.82. The molecule has 0 aliphatic carbocycles. The molecule has 3 nitrogen and oxygen atoms in total. The van der Waals surface area contributed by atoms with Crippen LogP contribution in [0.25, 0.3) is 0 Å². The van der Waals surface area contributed by atoms with Crippen molar-refractivity contribution in [1.82, 2.24) is 15.3 Å². The zero-order chi connectivity index (χ0) is 12.5. The lowest BCUT2D eigenvalue weighted by Gasteiger charge is -2.04. The van der Waals surface area contributed by atoms with Crippen molar-refractivity contribution in [3.63, 3.8) is 0 Å². The van der Waals surface area contributed by atoms with Gasteiger partial charge in [0.15, 0.2) is 0 Å². The normalized spacial score (nSPS) is 10.4. The van der Waals surface area contributed by atoms with Crippen LogP contribution in [0, 0.1) is 0 Å². The van der Waals surface area contributed by atoms with Gasteiger partial charge in [0, 0.05) is 24.6 Å². The van der Waals surface area contributed by atoms with E-state index in [1.807, 2.05) is 42.7 Å². The highest BCUT2D eigenvalue weighted by Crippen LogP contribution is 2.00. The summed E-state index contributed by atoms with van der Waals surface area (Å²) in [7, 11) is 0. The lowest BCUT2D eigenvalue weighted by molar-refractivity contribution is 0.613. The molecule has 18 heavy (non-hydrogen) atoms. The molecule has 0 radical (unpaired) electrons. The first-order valence-corrected chi connectivity index (χ1v) is 6.46. The molecule has 1 N–H and O–H groups in total. The average Bonchev–Trinajstić information content (AvgIpc) is 2.45. The van der Waals surface area contributed by atoms with Gasteiger partial charge in [-0.3, -0.25) is 9.97 Å². The van der Waals surface area contributed by atoms with E-state index in [2.05, 4.69) is 21.4 Å². The summed E-state index contributed by atoms with van der Waals surface area (Å²) < 4.78 is 0. The number of unbranched alkanes of at least 4 members (excludes halogenated alkanes) is 1. The Morgan fingerprint density at radius 1 is 0.833 bits per heavy atom. The molecule has 2 aromatic heterocycles. The highest BCUT2D eigenvalue weighted by molar-refractivity contribution is 5.04. The first kappa shape index (κ1) is 12.7. The van der Waals surface area contributed by atoms with E-state index in [-0.39, 0.29) is 0 Å². The number of hydrogen-bond donors (Lipinski definition) is 1. The topological polar surface area (TPSA) is 37.8 Å². The molecule has 0 bridgehead atoms. The van der Waals surface area contributed by atoms with Gasteiger partial charge in [-0.05, 0) is 50.1 Å². The van der Waals surface area contributed by atoms with E-state index in [0.717, 1.165) is 25.2 Å². The Hall–Kier alpha value is -1.74. The Balaban J connectivity index is 1.54. The van der Waals surface area contributed by atoms with Gasteiger partial charge >= 0.3 is 0 Å². The van der Waals surface area contributed by atoms with Crippen LogP contribution >= 0.6 is 0 Å². The molecule has 0 unspecified atom stereocenters. The molecule has 3 heteroatoms. The number of hydrogen-bond acceptors (Lipinski definition) is 3. The highest BCUT2D eigenvalue weighted by Gasteiger charge is 1.95. The summed E-state index contributed by atoms with van der Waals surface area (Å²) in [5.74, 6) is 0. The maximum Gasteiger partial charge on any atom is 0.0541 e. The molecule has 2 aromatic rings. The van der Waals surface area contributed by atoms with Crippen molar-refractivity contribution >= 4 is 0 Å². The van der Waals surface area contributed by atoms with E-state index in [1.165, 1.54) is 18.5 Å². The Morgan fingerprint density at radius 2 is 1.56 bits per heavy atom. The summed E-state index contributed by atoms with van der Waals surface area (Å²) in [5.41, 5.74) is 2.28. The maximum atomic E-state index is 4.31. The second-order valence-corrected chi connectivity index (χ2v) is 4.28. The van der Waals surface area contributed by atoms with Gasteiger partial charge in [-0.15, -0.1) is 0 Å². The van der Waals surface area contributed by atoms with Crippen LogP contribution in [0.5, 0.6) is 0 Å². The van der Waals surface area contributed by atoms with Crippen LogP contribution in [0.3, 0.4) is 0 Å². The third kappa shape index (κ3) is 4.63. The second kappa shape index (κ2) is 7.56. The molecule has 0 saturated carbocycles. The van der Waals surface area contributed by atoms with Gasteiger partial charge < -0.3 is 5.32 Å². The quantitative estimate of drug-likeness (QED) is 0.757. The summed E-state index contributed by atoms with van der Waals surface area (Å²) in [6.45, 7) is 1.88. The van der Waals surface area contributed by atoms with Crippen LogP contribution in [0.2, 0.25) is 0 Å². The van der Waals surface area contributed by atoms with E-state index in [9.17, 15) is 0 Å². The molecule has 94 valence electrons. The van der Waals surface area contributed by atoms with Crippen molar-refractivity contribution in [2.24, 2.45) is 0 Å². The van der Waals surface area contributed by atoms with Gasteiger partial charge in [0.05, 0.1) is 5.69 Å². The standard InChI is InChI=1S/C15H19N3/c1(7-14-8-2-5-11-17-14)4-10-16-13-15-9-3-6-12-18-15/h2-3,5-6,8-9,11-12,16H,1,4,7,10,13H2. The summed E-state index contributed by atoms with van der Waals surface area (Å²) in [6.07, 6.45) is 7.09. The van der Waals surface area contributed by atoms with Gasteiger partial charge in [0.2, 0.25) is 0 Å². The minimum atomic E-state index is 0.852. The van der Waals surface area contributed by atoms with Crippen LogP contribution in [0.4, 0.5) is 0 Å². The molecule has 2 heterocycles. The number of pyridine rings is 2. The Morgan fingerprint density at radius 3 is 2.22 bits per heavy atom. The Labute approximate surface area is 108 Å². The molecule has 0 spiro atoms. The summed E-state index contributed by atoms with van der Waals surface area (Å²) in [6, 6.07) is 12.1. The summed E-state index contributed by atoms with van der Waals surface area (Å²) >= 11 is 0. The zero-order valence-corrected chi connectivity index (χ0v) is 10.5. The van der Waals surface area contributed by atoms with Gasteiger partial charge in [-0.2, -0.15) is 0 Å². The Kier molecular flexibility index (Phi) is 5.34. The van der Waals surface area contributed by atoms with Crippen molar-refractivity contribution in [3.8, 4) is 0 Å². The van der Waals surface area contributed by atoms with E-state index in [0.29, 0.717) is 0 Å². The van der Waals surface area contributed by atoms with Crippen molar-refractivity contribution in [2.75, 3.05) is 6.54 Å². The fraction of sp³-hybridized carbons (Fsp3) is 0.333. The first-order chi connectivity index (χ1) is 8.95. The number of aromatic nitrogens is 2. The van der Waals surface area contributed by atoms with Crippen molar-refractivity contribution in [2.45, 2.75) is 25.8 Å². The summed E-state index contributed by atoms with van der Waals surface area (Å²) in [5, 5.41) is 3.41. The lowest BCUT2D eigenvalue weighted by atomic mass is 10.2. The predicted octanol–water partition coefficient (Wildman–Crippen LogP) is 2.59. The van der Waals surface area contributed by atoms with Gasteiger partial charge in [-0.1, -0.05) is 12.1 Å². The predicted molar refractivity (Wildman–Crippen MR) is 73.1 cm³/mol. The molecule has 0 saturated heterocycles. The minimum absolute atomic E-state index is 0.852. The molecule has 2 rings (SSSR count). The third-order valence-corrected chi connectivity index (χ3v) is 2.79. The molecule has 0 atom stereocenters. The summed E-state index contributed by atoms with van der Waals surface area (Å²) in [4.78, 5) is 8.59. The molecule has 0 aromatic carbocycles. The van der Waals surface area contributed by atoms with Crippen LogP contribution in [0.1, 0.15) is 24.2 Å². The number of nitrogens with zero attached hydrogens (tertiary/aromatic N) is 2. The monoisotopic (exact) mass is 241 g/mol. The molecule has 0 aliphatic heterocycles. The largest absolute Gasteiger partial charge is 0.311 e. The van der Waals surface area contributed by atoms with Gasteiger partial charge in [0.25, 0.3) is 0 Å². The second-order valence-electron chi connectivity index (χ2n) is 4.28. The zero-order valence-electron chi connectivity index (χ0n) is 10.5.